The summed E-state index contributed by atoms with van der Waals surface area (Å²) in [5.74, 6) is 2.10. The van der Waals surface area contributed by atoms with Crippen LogP contribution in [0.2, 0.25) is 0 Å². The van der Waals surface area contributed by atoms with Crippen molar-refractivity contribution in [2.45, 2.75) is 13.5 Å². The number of nitrogens with one attached hydrogen (secondary N) is 1. The second kappa shape index (κ2) is 9.78. The maximum atomic E-state index is 12.1. The molecule has 0 bridgehead atoms. The van der Waals surface area contributed by atoms with Gasteiger partial charge in [-0.25, -0.2) is 0 Å². The summed E-state index contributed by atoms with van der Waals surface area (Å²) in [6, 6.07) is 22.6. The third-order valence-electron chi connectivity index (χ3n) is 4.86. The van der Waals surface area contributed by atoms with Crippen molar-refractivity contribution in [3.63, 3.8) is 0 Å². The van der Waals surface area contributed by atoms with Crippen molar-refractivity contribution in [1.82, 2.24) is 15.5 Å². The molecule has 32 heavy (non-hydrogen) atoms. The van der Waals surface area contributed by atoms with Gasteiger partial charge in [0.1, 0.15) is 11.5 Å². The SMILES string of the molecule is COc1ccc(CNC(=O)COc2ccc(-c3nc(-c4ccc(C)cc4)no3)cc2)cc1. The lowest BCUT2D eigenvalue weighted by molar-refractivity contribution is -0.123. The Morgan fingerprint density at radius 1 is 0.906 bits per heavy atom. The zero-order chi connectivity index (χ0) is 22.3. The Morgan fingerprint density at radius 3 is 2.25 bits per heavy atom. The Morgan fingerprint density at radius 2 is 1.56 bits per heavy atom. The zero-order valence-corrected chi connectivity index (χ0v) is 17.9. The normalized spacial score (nSPS) is 10.6. The molecular weight excluding hydrogens is 406 g/mol. The lowest BCUT2D eigenvalue weighted by atomic mass is 10.1. The van der Waals surface area contributed by atoms with E-state index in [-0.39, 0.29) is 12.5 Å². The van der Waals surface area contributed by atoms with Crippen LogP contribution in [0, 0.1) is 6.92 Å². The van der Waals surface area contributed by atoms with Crippen LogP contribution in [0.5, 0.6) is 11.5 Å². The molecule has 4 rings (SSSR count). The standard InChI is InChI=1S/C25H23N3O4/c1-17-3-7-19(8-4-17)24-27-25(32-28-24)20-9-13-22(14-10-20)31-16-23(29)26-15-18-5-11-21(30-2)12-6-18/h3-14H,15-16H2,1-2H3,(H,26,29). The number of aromatic nitrogens is 2. The number of methoxy groups -OCH3 is 1. The summed E-state index contributed by atoms with van der Waals surface area (Å²) in [7, 11) is 1.62. The highest BCUT2D eigenvalue weighted by Gasteiger charge is 2.11. The summed E-state index contributed by atoms with van der Waals surface area (Å²) >= 11 is 0. The average molecular weight is 429 g/mol. The van der Waals surface area contributed by atoms with Crippen molar-refractivity contribution in [3.05, 3.63) is 83.9 Å². The maximum Gasteiger partial charge on any atom is 0.258 e. The van der Waals surface area contributed by atoms with Gasteiger partial charge in [-0.05, 0) is 48.9 Å². The minimum absolute atomic E-state index is 0.0758. The van der Waals surface area contributed by atoms with Gasteiger partial charge in [0.2, 0.25) is 5.82 Å². The van der Waals surface area contributed by atoms with E-state index in [1.807, 2.05) is 67.6 Å². The molecule has 0 aliphatic heterocycles. The van der Waals surface area contributed by atoms with Crippen molar-refractivity contribution < 1.29 is 18.8 Å². The van der Waals surface area contributed by atoms with E-state index in [9.17, 15) is 4.79 Å². The van der Waals surface area contributed by atoms with Crippen LogP contribution in [-0.4, -0.2) is 29.8 Å². The lowest BCUT2D eigenvalue weighted by Crippen LogP contribution is -2.28. The van der Waals surface area contributed by atoms with Gasteiger partial charge in [0.15, 0.2) is 6.61 Å². The van der Waals surface area contributed by atoms with Crippen LogP contribution >= 0.6 is 0 Å². The van der Waals surface area contributed by atoms with Crippen LogP contribution in [0.15, 0.2) is 77.3 Å². The first kappa shape index (κ1) is 21.1. The molecule has 4 aromatic rings. The Labute approximate surface area is 186 Å². The van der Waals surface area contributed by atoms with E-state index >= 15 is 0 Å². The van der Waals surface area contributed by atoms with Gasteiger partial charge in [-0.15, -0.1) is 0 Å². The molecule has 162 valence electrons. The van der Waals surface area contributed by atoms with Crippen LogP contribution in [0.4, 0.5) is 0 Å². The third-order valence-corrected chi connectivity index (χ3v) is 4.86. The second-order valence-corrected chi connectivity index (χ2v) is 7.23. The lowest BCUT2D eigenvalue weighted by Gasteiger charge is -2.08. The van der Waals surface area contributed by atoms with Gasteiger partial charge in [-0.2, -0.15) is 4.98 Å². The first-order valence-corrected chi connectivity index (χ1v) is 10.1. The number of amides is 1. The van der Waals surface area contributed by atoms with Crippen LogP contribution in [0.1, 0.15) is 11.1 Å². The summed E-state index contributed by atoms with van der Waals surface area (Å²) in [6.07, 6.45) is 0. The number of benzene rings is 3. The molecule has 1 amide bonds. The maximum absolute atomic E-state index is 12.1. The largest absolute Gasteiger partial charge is 0.497 e. The third kappa shape index (κ3) is 5.31. The highest BCUT2D eigenvalue weighted by atomic mass is 16.5. The van der Waals surface area contributed by atoms with E-state index in [0.717, 1.165) is 22.4 Å². The number of carbonyl (C=O) groups excluding carboxylic acids is 1. The van der Waals surface area contributed by atoms with Crippen molar-refractivity contribution in [3.8, 4) is 34.3 Å². The number of carbonyl (C=O) groups is 1. The molecule has 0 fully saturated rings. The monoisotopic (exact) mass is 429 g/mol. The van der Waals surface area contributed by atoms with Gasteiger partial charge < -0.3 is 19.3 Å². The zero-order valence-electron chi connectivity index (χ0n) is 17.9. The van der Waals surface area contributed by atoms with E-state index in [4.69, 9.17) is 14.0 Å². The molecule has 0 saturated heterocycles. The molecule has 1 aromatic heterocycles. The molecule has 7 heteroatoms. The van der Waals surface area contributed by atoms with Gasteiger partial charge in [-0.1, -0.05) is 47.1 Å². The molecule has 0 atom stereocenters. The number of ether oxygens (including phenoxy) is 2. The number of hydrogen-bond acceptors (Lipinski definition) is 6. The van der Waals surface area contributed by atoms with E-state index in [0.29, 0.717) is 24.0 Å². The fourth-order valence-corrected chi connectivity index (χ4v) is 3.00. The van der Waals surface area contributed by atoms with Crippen LogP contribution < -0.4 is 14.8 Å². The first-order valence-electron chi connectivity index (χ1n) is 10.1. The summed E-state index contributed by atoms with van der Waals surface area (Å²) < 4.78 is 16.1. The van der Waals surface area contributed by atoms with Crippen molar-refractivity contribution in [1.29, 1.82) is 0 Å². The van der Waals surface area contributed by atoms with Crippen molar-refractivity contribution in [2.24, 2.45) is 0 Å². The molecule has 0 saturated carbocycles. The Hall–Kier alpha value is -4.13. The van der Waals surface area contributed by atoms with Gasteiger partial charge in [0.05, 0.1) is 7.11 Å². The molecule has 0 spiro atoms. The van der Waals surface area contributed by atoms with Crippen LogP contribution in [-0.2, 0) is 11.3 Å². The minimum atomic E-state index is -0.204. The van der Waals surface area contributed by atoms with E-state index in [2.05, 4.69) is 15.5 Å². The molecule has 0 aliphatic carbocycles. The summed E-state index contributed by atoms with van der Waals surface area (Å²) in [6.45, 7) is 2.37. The van der Waals surface area contributed by atoms with Crippen LogP contribution in [0.3, 0.4) is 0 Å². The van der Waals surface area contributed by atoms with Gasteiger partial charge in [0.25, 0.3) is 11.8 Å². The van der Waals surface area contributed by atoms with Gasteiger partial charge >= 0.3 is 0 Å². The molecule has 0 aliphatic rings. The van der Waals surface area contributed by atoms with Crippen LogP contribution in [0.25, 0.3) is 22.8 Å². The van der Waals surface area contributed by atoms with E-state index < -0.39 is 0 Å². The summed E-state index contributed by atoms with van der Waals surface area (Å²) in [4.78, 5) is 16.5. The highest BCUT2D eigenvalue weighted by molar-refractivity contribution is 5.77. The molecule has 3 aromatic carbocycles. The van der Waals surface area contributed by atoms with Gasteiger partial charge in [-0.3, -0.25) is 4.79 Å². The average Bonchev–Trinajstić information content (AvgIpc) is 3.33. The van der Waals surface area contributed by atoms with Gasteiger partial charge in [0, 0.05) is 17.7 Å². The Balaban J connectivity index is 1.29. The number of rotatable bonds is 8. The predicted molar refractivity (Wildman–Crippen MR) is 120 cm³/mol. The first-order chi connectivity index (χ1) is 15.6. The van der Waals surface area contributed by atoms with Crippen molar-refractivity contribution >= 4 is 5.91 Å². The molecule has 1 N–H and O–H groups in total. The number of hydrogen-bond donors (Lipinski definition) is 1. The highest BCUT2D eigenvalue weighted by Crippen LogP contribution is 2.24. The van der Waals surface area contributed by atoms with Crippen molar-refractivity contribution in [2.75, 3.05) is 13.7 Å². The summed E-state index contributed by atoms with van der Waals surface area (Å²) in [5, 5.41) is 6.88. The molecule has 0 unspecified atom stereocenters. The minimum Gasteiger partial charge on any atom is -0.497 e. The fourth-order valence-electron chi connectivity index (χ4n) is 3.00. The fraction of sp³-hybridized carbons (Fsp3) is 0.160. The Kier molecular flexibility index (Phi) is 6.46. The Bertz CT molecular complexity index is 1170. The molecule has 0 radical (unpaired) electrons. The van der Waals surface area contributed by atoms with E-state index in [1.54, 1.807) is 19.2 Å². The topological polar surface area (TPSA) is 86.5 Å². The predicted octanol–water partition coefficient (Wildman–Crippen LogP) is 4.42. The number of nitrogens with zero attached hydrogens (tertiary/aromatic N) is 2. The number of aryl methyl sites for hydroxylation is 1. The summed E-state index contributed by atoms with van der Waals surface area (Å²) in [5.41, 5.74) is 3.81. The smallest absolute Gasteiger partial charge is 0.258 e. The molecule has 7 nitrogen and oxygen atoms in total. The molecular formula is C25H23N3O4. The molecule has 1 heterocycles. The quantitative estimate of drug-likeness (QED) is 0.446. The second-order valence-electron chi connectivity index (χ2n) is 7.23. The van der Waals surface area contributed by atoms with E-state index in [1.165, 1.54) is 5.56 Å².